The molecule has 0 unspecified atom stereocenters. The molecule has 2 fully saturated rings. The van der Waals surface area contributed by atoms with Gasteiger partial charge in [0.25, 0.3) is 5.91 Å². The molecule has 5 nitrogen and oxygen atoms in total. The lowest BCUT2D eigenvalue weighted by molar-refractivity contribution is -0.128. The first kappa shape index (κ1) is 20.3. The van der Waals surface area contributed by atoms with Crippen molar-refractivity contribution in [1.29, 1.82) is 0 Å². The number of thioether (sulfide) groups is 1. The second-order valence-electron chi connectivity index (χ2n) is 8.13. The third kappa shape index (κ3) is 4.63. The standard InChI is InChI=1S/C23H30N2O3S/c1-17(26)24-12-7-13-25(15-14-24)23(27)22-20(16-29-18-8-3-2-4-9-18)19-10-5-6-11-21(19)28-22/h5-6,10-11,18H,2-4,7-9,12-16H2,1H3. The molecule has 1 aromatic heterocycles. The summed E-state index contributed by atoms with van der Waals surface area (Å²) >= 11 is 1.97. The molecule has 4 rings (SSSR count). The first-order chi connectivity index (χ1) is 14.1. The van der Waals surface area contributed by atoms with Crippen LogP contribution in [0.2, 0.25) is 0 Å². The van der Waals surface area contributed by atoms with Crippen LogP contribution in [0.15, 0.2) is 28.7 Å². The molecule has 156 valence electrons. The maximum absolute atomic E-state index is 13.4. The topological polar surface area (TPSA) is 53.8 Å². The van der Waals surface area contributed by atoms with E-state index >= 15 is 0 Å². The second kappa shape index (κ2) is 9.24. The van der Waals surface area contributed by atoms with E-state index in [9.17, 15) is 9.59 Å². The minimum atomic E-state index is -0.0363. The van der Waals surface area contributed by atoms with E-state index in [0.717, 1.165) is 28.7 Å². The Morgan fingerprint density at radius 1 is 1.00 bits per heavy atom. The Bertz CT molecular complexity index is 872. The van der Waals surface area contributed by atoms with E-state index in [-0.39, 0.29) is 11.8 Å². The zero-order valence-electron chi connectivity index (χ0n) is 17.2. The van der Waals surface area contributed by atoms with Crippen molar-refractivity contribution < 1.29 is 14.0 Å². The Morgan fingerprint density at radius 3 is 2.52 bits per heavy atom. The third-order valence-electron chi connectivity index (χ3n) is 6.14. The van der Waals surface area contributed by atoms with Gasteiger partial charge < -0.3 is 14.2 Å². The Kier molecular flexibility index (Phi) is 6.48. The highest BCUT2D eigenvalue weighted by atomic mass is 32.2. The van der Waals surface area contributed by atoms with E-state index in [0.29, 0.717) is 37.2 Å². The number of furan rings is 1. The molecule has 1 saturated heterocycles. The van der Waals surface area contributed by atoms with Crippen LogP contribution in [0.1, 0.15) is 61.6 Å². The van der Waals surface area contributed by atoms with Crippen molar-refractivity contribution in [2.75, 3.05) is 26.2 Å². The highest BCUT2D eigenvalue weighted by Gasteiger charge is 2.28. The lowest BCUT2D eigenvalue weighted by Gasteiger charge is -2.22. The smallest absolute Gasteiger partial charge is 0.289 e. The first-order valence-corrected chi connectivity index (χ1v) is 11.8. The van der Waals surface area contributed by atoms with Gasteiger partial charge in [0.2, 0.25) is 5.91 Å². The lowest BCUT2D eigenvalue weighted by Crippen LogP contribution is -2.36. The fourth-order valence-electron chi connectivity index (χ4n) is 4.43. The molecule has 2 aliphatic rings. The molecule has 0 radical (unpaired) electrons. The summed E-state index contributed by atoms with van der Waals surface area (Å²) in [6, 6.07) is 7.97. The molecular weight excluding hydrogens is 384 g/mol. The summed E-state index contributed by atoms with van der Waals surface area (Å²) in [5, 5.41) is 1.74. The highest BCUT2D eigenvalue weighted by Crippen LogP contribution is 2.35. The Hall–Kier alpha value is -1.95. The summed E-state index contributed by atoms with van der Waals surface area (Å²) in [4.78, 5) is 28.8. The minimum Gasteiger partial charge on any atom is -0.451 e. The van der Waals surface area contributed by atoms with E-state index in [4.69, 9.17) is 4.42 Å². The van der Waals surface area contributed by atoms with Crippen molar-refractivity contribution >= 4 is 34.5 Å². The van der Waals surface area contributed by atoms with Gasteiger partial charge in [-0.3, -0.25) is 9.59 Å². The van der Waals surface area contributed by atoms with Gasteiger partial charge in [0, 0.05) is 55.1 Å². The van der Waals surface area contributed by atoms with Gasteiger partial charge in [-0.1, -0.05) is 37.5 Å². The predicted octanol–water partition coefficient (Wildman–Crippen LogP) is 4.69. The zero-order chi connectivity index (χ0) is 20.2. The van der Waals surface area contributed by atoms with E-state index in [2.05, 4.69) is 6.07 Å². The monoisotopic (exact) mass is 414 g/mol. The SMILES string of the molecule is CC(=O)N1CCCN(C(=O)c2oc3ccccc3c2CSC2CCCCC2)CC1. The van der Waals surface area contributed by atoms with E-state index in [1.54, 1.807) is 6.92 Å². The van der Waals surface area contributed by atoms with Gasteiger partial charge in [-0.15, -0.1) is 0 Å². The average Bonchev–Trinajstić information content (AvgIpc) is 2.92. The molecule has 2 aromatic rings. The number of nitrogens with zero attached hydrogens (tertiary/aromatic N) is 2. The van der Waals surface area contributed by atoms with Gasteiger partial charge in [-0.05, 0) is 25.3 Å². The summed E-state index contributed by atoms with van der Waals surface area (Å²) in [5.74, 6) is 1.35. The van der Waals surface area contributed by atoms with Crippen LogP contribution < -0.4 is 0 Å². The molecule has 0 atom stereocenters. The minimum absolute atomic E-state index is 0.0363. The van der Waals surface area contributed by atoms with Gasteiger partial charge in [0.05, 0.1) is 0 Å². The summed E-state index contributed by atoms with van der Waals surface area (Å²) in [6.45, 7) is 4.12. The molecule has 29 heavy (non-hydrogen) atoms. The van der Waals surface area contributed by atoms with Crippen molar-refractivity contribution in [2.45, 2.75) is 56.5 Å². The van der Waals surface area contributed by atoms with Crippen LogP contribution in [0.5, 0.6) is 0 Å². The molecule has 1 aromatic carbocycles. The van der Waals surface area contributed by atoms with Gasteiger partial charge in [0.15, 0.2) is 5.76 Å². The molecular formula is C23H30N2O3S. The van der Waals surface area contributed by atoms with Gasteiger partial charge >= 0.3 is 0 Å². The molecule has 1 aliphatic carbocycles. The number of para-hydroxylation sites is 1. The van der Waals surface area contributed by atoms with Crippen LogP contribution in [0.4, 0.5) is 0 Å². The normalized spacial score (nSPS) is 18.8. The van der Waals surface area contributed by atoms with Crippen LogP contribution in [0.3, 0.4) is 0 Å². The second-order valence-corrected chi connectivity index (χ2v) is 9.42. The van der Waals surface area contributed by atoms with Crippen molar-refractivity contribution in [1.82, 2.24) is 9.80 Å². The number of hydrogen-bond acceptors (Lipinski definition) is 4. The van der Waals surface area contributed by atoms with Crippen LogP contribution in [-0.4, -0.2) is 53.0 Å². The van der Waals surface area contributed by atoms with Gasteiger partial charge in [-0.2, -0.15) is 11.8 Å². The summed E-state index contributed by atoms with van der Waals surface area (Å²) in [7, 11) is 0. The maximum Gasteiger partial charge on any atom is 0.289 e. The largest absolute Gasteiger partial charge is 0.451 e. The number of amides is 2. The fraction of sp³-hybridized carbons (Fsp3) is 0.565. The van der Waals surface area contributed by atoms with Crippen LogP contribution in [0.25, 0.3) is 11.0 Å². The molecule has 2 heterocycles. The van der Waals surface area contributed by atoms with Crippen LogP contribution in [-0.2, 0) is 10.5 Å². The number of hydrogen-bond donors (Lipinski definition) is 0. The molecule has 1 saturated carbocycles. The predicted molar refractivity (Wildman–Crippen MR) is 117 cm³/mol. The Morgan fingerprint density at radius 2 is 1.72 bits per heavy atom. The number of rotatable bonds is 4. The number of carbonyl (C=O) groups excluding carboxylic acids is 2. The molecule has 6 heteroatoms. The first-order valence-electron chi connectivity index (χ1n) is 10.8. The molecule has 0 spiro atoms. The maximum atomic E-state index is 13.4. The quantitative estimate of drug-likeness (QED) is 0.728. The Balaban J connectivity index is 1.55. The summed E-state index contributed by atoms with van der Waals surface area (Å²) < 4.78 is 6.08. The van der Waals surface area contributed by atoms with Crippen molar-refractivity contribution in [3.05, 3.63) is 35.6 Å². The van der Waals surface area contributed by atoms with E-state index in [1.165, 1.54) is 32.1 Å². The van der Waals surface area contributed by atoms with Gasteiger partial charge in [-0.25, -0.2) is 0 Å². The Labute approximate surface area is 176 Å². The van der Waals surface area contributed by atoms with Crippen molar-refractivity contribution in [3.63, 3.8) is 0 Å². The van der Waals surface area contributed by atoms with Crippen LogP contribution in [0, 0.1) is 0 Å². The number of carbonyl (C=O) groups is 2. The van der Waals surface area contributed by atoms with Crippen LogP contribution >= 0.6 is 11.8 Å². The highest BCUT2D eigenvalue weighted by molar-refractivity contribution is 7.99. The van der Waals surface area contributed by atoms with Crippen molar-refractivity contribution in [3.8, 4) is 0 Å². The summed E-state index contributed by atoms with van der Waals surface area (Å²) in [6.07, 6.45) is 7.33. The summed E-state index contributed by atoms with van der Waals surface area (Å²) in [5.41, 5.74) is 1.82. The third-order valence-corrected chi connectivity index (χ3v) is 7.53. The average molecular weight is 415 g/mol. The number of fused-ring (bicyclic) bond motifs is 1. The zero-order valence-corrected chi connectivity index (χ0v) is 18.0. The molecule has 1 aliphatic heterocycles. The molecule has 0 bridgehead atoms. The van der Waals surface area contributed by atoms with E-state index in [1.807, 2.05) is 39.8 Å². The van der Waals surface area contributed by atoms with E-state index < -0.39 is 0 Å². The van der Waals surface area contributed by atoms with Gasteiger partial charge in [0.1, 0.15) is 5.58 Å². The fourth-order valence-corrected chi connectivity index (χ4v) is 5.78. The molecule has 0 N–H and O–H groups in total. The van der Waals surface area contributed by atoms with Crippen molar-refractivity contribution in [2.24, 2.45) is 0 Å². The molecule has 2 amide bonds. The number of benzene rings is 1. The lowest BCUT2D eigenvalue weighted by atomic mass is 10.0.